The molecule has 76 valence electrons. The van der Waals surface area contributed by atoms with Crippen molar-refractivity contribution < 1.29 is 87.5 Å². The first-order valence-electron chi connectivity index (χ1n) is 3.33. The third-order valence-electron chi connectivity index (χ3n) is 1.42. The Morgan fingerprint density at radius 2 is 1.50 bits per heavy atom. The van der Waals surface area contributed by atoms with Gasteiger partial charge in [-0.3, -0.25) is 0 Å². The Morgan fingerprint density at radius 1 is 1.07 bits per heavy atom. The topological polar surface area (TPSA) is 101 Å². The van der Waals surface area contributed by atoms with Crippen LogP contribution in [0.1, 0.15) is 2.85 Å². The molecule has 0 unspecified atom stereocenters. The second kappa shape index (κ2) is 11.4. The van der Waals surface area contributed by atoms with Crippen LogP contribution in [-0.2, 0) is 0 Å². The minimum Gasteiger partial charge on any atom is -1.00 e. The van der Waals surface area contributed by atoms with Crippen LogP contribution in [0, 0.1) is 0 Å². The Morgan fingerprint density at radius 3 is 1.79 bits per heavy atom. The van der Waals surface area contributed by atoms with Crippen molar-refractivity contribution in [2.24, 2.45) is 0 Å². The van der Waals surface area contributed by atoms with Gasteiger partial charge in [0, 0.05) is 5.37 Å². The van der Waals surface area contributed by atoms with E-state index in [1.165, 1.54) is 0 Å². The van der Waals surface area contributed by atoms with Crippen LogP contribution in [0.2, 0.25) is 0 Å². The van der Waals surface area contributed by atoms with Gasteiger partial charge in [-0.05, 0) is 0 Å². The number of aliphatic hydroxyl groups excluding tert-OH is 5. The van der Waals surface area contributed by atoms with Gasteiger partial charge < -0.3 is 28.4 Å². The normalized spacial score (nSPS) is 18.1. The number of rotatable bonds is 5. The summed E-state index contributed by atoms with van der Waals surface area (Å²) in [4.78, 5) is 0. The second-order valence-electron chi connectivity index (χ2n) is 2.36. The minimum atomic E-state index is -1.61. The van der Waals surface area contributed by atoms with Gasteiger partial charge in [0.15, 0.2) is 0 Å². The van der Waals surface area contributed by atoms with Crippen LogP contribution in [0.5, 0.6) is 0 Å². The maximum atomic E-state index is 9.02. The molecular weight excluding hydrogens is 230 g/mol. The Kier molecular flexibility index (Phi) is 17.2. The maximum Gasteiger partial charge on any atom is 1.00 e. The molecule has 5 N–H and O–H groups in total. The van der Waals surface area contributed by atoms with E-state index < -0.39 is 31.0 Å². The quantitative estimate of drug-likeness (QED) is 0.243. The van der Waals surface area contributed by atoms with E-state index >= 15 is 0 Å². The van der Waals surface area contributed by atoms with Crippen molar-refractivity contribution in [3.63, 3.8) is 0 Å². The standard InChI is InChI=1S/C6H12O5S.2Na.2H/c7-1-3(8)5(10)6(11)4(9)2-12;;;;/h2-11H,1H2;;;;/q;2*+1;2*-1/t3-,4+,5-,6-;;;;/m1..../s1. The van der Waals surface area contributed by atoms with E-state index in [0.717, 1.165) is 5.37 Å². The van der Waals surface area contributed by atoms with Crippen LogP contribution in [-0.4, -0.2) is 61.9 Å². The average molecular weight is 244 g/mol. The molecule has 14 heavy (non-hydrogen) atoms. The molecule has 0 heterocycles. The average Bonchev–Trinajstić information content (AvgIpc) is 2.12. The van der Waals surface area contributed by atoms with Gasteiger partial charge in [0.25, 0.3) is 0 Å². The SMILES string of the molecule is OC[C@@H](O)[C@@H](O)[C@H](O)[C@@H](O)C=S.[H-].[H-].[Na+].[Na+]. The fourth-order valence-electron chi connectivity index (χ4n) is 0.618. The molecule has 0 aromatic carbocycles. The van der Waals surface area contributed by atoms with Crippen molar-refractivity contribution in [1.29, 1.82) is 0 Å². The molecule has 0 bridgehead atoms. The van der Waals surface area contributed by atoms with Gasteiger partial charge in [0.1, 0.15) is 24.4 Å². The molecule has 0 saturated heterocycles. The molecule has 0 aliphatic carbocycles. The fraction of sp³-hybridized carbons (Fsp3) is 0.833. The second-order valence-corrected chi connectivity index (χ2v) is 2.63. The zero-order chi connectivity index (χ0) is 9.72. The zero-order valence-electron chi connectivity index (χ0n) is 10.2. The molecule has 0 aromatic rings. The smallest absolute Gasteiger partial charge is 1.00 e. The summed E-state index contributed by atoms with van der Waals surface area (Å²) in [7, 11) is 0. The van der Waals surface area contributed by atoms with Crippen LogP contribution in [0.25, 0.3) is 0 Å². The first-order valence-corrected chi connectivity index (χ1v) is 3.80. The molecule has 0 spiro atoms. The fourth-order valence-corrected chi connectivity index (χ4v) is 0.779. The van der Waals surface area contributed by atoms with Crippen molar-refractivity contribution in [2.75, 3.05) is 6.61 Å². The van der Waals surface area contributed by atoms with E-state index in [9.17, 15) is 0 Å². The van der Waals surface area contributed by atoms with E-state index in [4.69, 9.17) is 25.5 Å². The van der Waals surface area contributed by atoms with Gasteiger partial charge in [-0.25, -0.2) is 0 Å². The molecule has 0 aliphatic heterocycles. The molecule has 0 rings (SSSR count). The van der Waals surface area contributed by atoms with Gasteiger partial charge in [0.05, 0.1) is 6.61 Å². The van der Waals surface area contributed by atoms with Gasteiger partial charge in [-0.15, -0.1) is 0 Å². The van der Waals surface area contributed by atoms with Crippen molar-refractivity contribution in [3.8, 4) is 0 Å². The zero-order valence-corrected chi connectivity index (χ0v) is 13.1. The summed E-state index contributed by atoms with van der Waals surface area (Å²) in [6, 6.07) is 0. The largest absolute Gasteiger partial charge is 1.00 e. The number of hydrogen-bond acceptors (Lipinski definition) is 6. The van der Waals surface area contributed by atoms with Gasteiger partial charge in [0.2, 0.25) is 0 Å². The Balaban J connectivity index is -0.000000101. The molecule has 0 radical (unpaired) electrons. The molecule has 0 fully saturated rings. The third-order valence-corrected chi connectivity index (χ3v) is 1.70. The summed E-state index contributed by atoms with van der Waals surface area (Å²) in [5, 5.41) is 44.9. The molecule has 5 nitrogen and oxygen atoms in total. The minimum absolute atomic E-state index is 0. The number of hydrogen-bond donors (Lipinski definition) is 5. The predicted molar refractivity (Wildman–Crippen MR) is 47.0 cm³/mol. The van der Waals surface area contributed by atoms with Crippen molar-refractivity contribution in [2.45, 2.75) is 24.4 Å². The van der Waals surface area contributed by atoms with E-state index in [0.29, 0.717) is 0 Å². The van der Waals surface area contributed by atoms with Crippen molar-refractivity contribution in [3.05, 3.63) is 0 Å². The Labute approximate surface area is 135 Å². The van der Waals surface area contributed by atoms with Crippen LogP contribution >= 0.6 is 12.2 Å². The van der Waals surface area contributed by atoms with Crippen LogP contribution in [0.4, 0.5) is 0 Å². The first kappa shape index (κ1) is 21.2. The number of aliphatic hydroxyl groups is 5. The predicted octanol–water partition coefficient (Wildman–Crippen LogP) is -8.35. The molecular formula is C6H14Na2O5S. The molecule has 0 amide bonds. The Bertz CT molecular complexity index is 159. The molecule has 8 heteroatoms. The third kappa shape index (κ3) is 7.21. The molecule has 0 aliphatic rings. The summed E-state index contributed by atoms with van der Waals surface area (Å²) in [5.41, 5.74) is 0. The summed E-state index contributed by atoms with van der Waals surface area (Å²) < 4.78 is 0. The summed E-state index contributed by atoms with van der Waals surface area (Å²) in [6.07, 6.45) is -6.06. The van der Waals surface area contributed by atoms with Gasteiger partial charge in [-0.1, -0.05) is 12.2 Å². The monoisotopic (exact) mass is 244 g/mol. The van der Waals surface area contributed by atoms with E-state index in [-0.39, 0.29) is 62.0 Å². The van der Waals surface area contributed by atoms with Gasteiger partial charge >= 0.3 is 59.1 Å². The van der Waals surface area contributed by atoms with Crippen molar-refractivity contribution in [1.82, 2.24) is 0 Å². The van der Waals surface area contributed by atoms with Crippen LogP contribution in [0.3, 0.4) is 0 Å². The van der Waals surface area contributed by atoms with E-state index in [1.807, 2.05) is 0 Å². The summed E-state index contributed by atoms with van der Waals surface area (Å²) in [5.74, 6) is 0. The summed E-state index contributed by atoms with van der Waals surface area (Å²) >= 11 is 4.30. The Hall–Kier alpha value is 1.89. The molecule has 0 aromatic heterocycles. The van der Waals surface area contributed by atoms with Crippen molar-refractivity contribution >= 4 is 17.6 Å². The van der Waals surface area contributed by atoms with Crippen LogP contribution in [0.15, 0.2) is 0 Å². The molecule has 4 atom stereocenters. The number of thiocarbonyl (C=S) groups is 1. The van der Waals surface area contributed by atoms with E-state index in [2.05, 4.69) is 12.2 Å². The summed E-state index contributed by atoms with van der Waals surface area (Å²) in [6.45, 7) is -0.692. The van der Waals surface area contributed by atoms with Crippen LogP contribution < -0.4 is 59.1 Å². The maximum absolute atomic E-state index is 9.02. The first-order chi connectivity index (χ1) is 5.54. The molecule has 0 saturated carbocycles. The van der Waals surface area contributed by atoms with Gasteiger partial charge in [-0.2, -0.15) is 0 Å². The van der Waals surface area contributed by atoms with E-state index in [1.54, 1.807) is 0 Å².